The van der Waals surface area contributed by atoms with E-state index in [1.54, 1.807) is 40.9 Å². The highest BCUT2D eigenvalue weighted by molar-refractivity contribution is 8.02. The number of β-lactam (4-membered cyclic amide) rings is 1. The smallest absolute Gasteiger partial charge is 0.317 e. The first-order chi connectivity index (χ1) is 17.8. The van der Waals surface area contributed by atoms with Crippen molar-refractivity contribution in [3.8, 4) is 0 Å². The molecule has 2 fully saturated rings. The zero-order chi connectivity index (χ0) is 30.0. The molecule has 2 aliphatic rings. The highest BCUT2D eigenvalue weighted by Gasteiger charge is 2.66. The van der Waals surface area contributed by atoms with Crippen molar-refractivity contribution in [2.45, 2.75) is 59.4 Å². The van der Waals surface area contributed by atoms with Crippen molar-refractivity contribution in [2.75, 3.05) is 14.2 Å². The molecule has 218 valence electrons. The quantitative estimate of drug-likeness (QED) is 0.250. The summed E-state index contributed by atoms with van der Waals surface area (Å²) < 4.78 is 81.3. The Bertz CT molecular complexity index is 1350. The maximum Gasteiger partial charge on any atom is 0.353 e. The SMILES string of the molecule is COP(=O)(OC)C1N2C(=O)C(N)[C@@H]2SC1(C)C.Cc1ccc(S(=O)(=O)O)cc1.Cc1ccc(S(=O)(=O)O)cc1. The molecule has 0 aromatic heterocycles. The minimum Gasteiger partial charge on any atom is -0.317 e. The summed E-state index contributed by atoms with van der Waals surface area (Å²) in [6.07, 6.45) is 0. The molecule has 39 heavy (non-hydrogen) atoms. The van der Waals surface area contributed by atoms with Gasteiger partial charge in [0.25, 0.3) is 20.2 Å². The Hall–Kier alpha value is -1.81. The average molecular weight is 625 g/mol. The third-order valence-corrected chi connectivity index (χ3v) is 11.9. The molecule has 2 heterocycles. The Labute approximate surface area is 233 Å². The van der Waals surface area contributed by atoms with Gasteiger partial charge in [-0.15, -0.1) is 11.8 Å². The normalized spacial score (nSPS) is 22.0. The number of amides is 1. The zero-order valence-corrected chi connectivity index (χ0v) is 25.6. The van der Waals surface area contributed by atoms with Crippen molar-refractivity contribution in [3.05, 3.63) is 59.7 Å². The van der Waals surface area contributed by atoms with Gasteiger partial charge in [0.2, 0.25) is 5.91 Å². The highest BCUT2D eigenvalue weighted by Crippen LogP contribution is 2.66. The van der Waals surface area contributed by atoms with E-state index in [0.717, 1.165) is 11.1 Å². The van der Waals surface area contributed by atoms with Crippen molar-refractivity contribution in [3.63, 3.8) is 0 Å². The number of aryl methyl sites for hydroxylation is 2. The van der Waals surface area contributed by atoms with Crippen LogP contribution < -0.4 is 5.73 Å². The van der Waals surface area contributed by atoms with Crippen LogP contribution in [0.5, 0.6) is 0 Å². The third kappa shape index (κ3) is 7.90. The Morgan fingerprint density at radius 1 is 0.872 bits per heavy atom. The Balaban J connectivity index is 0.000000214. The first-order valence-corrected chi connectivity index (χ1v) is 16.7. The van der Waals surface area contributed by atoms with Crippen LogP contribution in [-0.4, -0.2) is 72.9 Å². The highest BCUT2D eigenvalue weighted by atomic mass is 32.2. The van der Waals surface area contributed by atoms with E-state index in [0.29, 0.717) is 0 Å². The number of carbonyl (C=O) groups is 1. The predicted molar refractivity (Wildman–Crippen MR) is 148 cm³/mol. The molecule has 0 saturated carbocycles. The molecule has 3 atom stereocenters. The number of thioether (sulfide) groups is 1. The predicted octanol–water partition coefficient (Wildman–Crippen LogP) is 3.30. The van der Waals surface area contributed by atoms with Gasteiger partial charge in [-0.3, -0.25) is 18.5 Å². The van der Waals surface area contributed by atoms with Crippen LogP contribution >= 0.6 is 19.4 Å². The number of benzene rings is 2. The molecule has 2 aromatic rings. The summed E-state index contributed by atoms with van der Waals surface area (Å²) in [5, 5.41) is -0.124. The summed E-state index contributed by atoms with van der Waals surface area (Å²) in [7, 11) is -8.70. The molecular weight excluding hydrogens is 591 g/mol. The maximum absolute atomic E-state index is 12.5. The van der Waals surface area contributed by atoms with Gasteiger partial charge in [0, 0.05) is 19.0 Å². The second-order valence-electron chi connectivity index (χ2n) is 9.24. The first kappa shape index (κ1) is 33.4. The van der Waals surface area contributed by atoms with E-state index in [-0.39, 0.29) is 21.1 Å². The van der Waals surface area contributed by atoms with Gasteiger partial charge < -0.3 is 19.7 Å². The van der Waals surface area contributed by atoms with Crippen molar-refractivity contribution in [1.29, 1.82) is 0 Å². The molecule has 2 aromatic carbocycles. The van der Waals surface area contributed by atoms with E-state index in [1.807, 2.05) is 27.7 Å². The van der Waals surface area contributed by atoms with Gasteiger partial charge in [0.1, 0.15) is 17.2 Å². The average Bonchev–Trinajstić information content (AvgIpc) is 3.12. The summed E-state index contributed by atoms with van der Waals surface area (Å²) >= 11 is 1.54. The molecule has 16 heteroatoms. The van der Waals surface area contributed by atoms with E-state index >= 15 is 0 Å². The van der Waals surface area contributed by atoms with Gasteiger partial charge >= 0.3 is 7.60 Å². The topological polar surface area (TPSA) is 191 Å². The number of rotatable bonds is 5. The maximum atomic E-state index is 12.5. The van der Waals surface area contributed by atoms with Crippen LogP contribution in [0.15, 0.2) is 58.3 Å². The fourth-order valence-corrected chi connectivity index (χ4v) is 8.79. The monoisotopic (exact) mass is 624 g/mol. The molecule has 1 amide bonds. The van der Waals surface area contributed by atoms with Crippen LogP contribution in [0.25, 0.3) is 0 Å². The largest absolute Gasteiger partial charge is 0.353 e. The molecule has 0 bridgehead atoms. The number of nitrogens with two attached hydrogens (primary N) is 1. The van der Waals surface area contributed by atoms with E-state index < -0.39 is 44.4 Å². The number of fused-ring (bicyclic) bond motifs is 1. The van der Waals surface area contributed by atoms with Crippen molar-refractivity contribution >= 4 is 45.5 Å². The van der Waals surface area contributed by atoms with Crippen molar-refractivity contribution in [1.82, 2.24) is 4.90 Å². The lowest BCUT2D eigenvalue weighted by Crippen LogP contribution is -2.67. The Morgan fingerprint density at radius 3 is 1.54 bits per heavy atom. The lowest BCUT2D eigenvalue weighted by Gasteiger charge is -2.44. The van der Waals surface area contributed by atoms with Crippen LogP contribution in [0.1, 0.15) is 25.0 Å². The summed E-state index contributed by atoms with van der Waals surface area (Å²) in [6, 6.07) is 11.5. The van der Waals surface area contributed by atoms with Crippen LogP contribution in [0.4, 0.5) is 0 Å². The molecule has 4 rings (SSSR count). The van der Waals surface area contributed by atoms with Gasteiger partial charge in [-0.05, 0) is 52.0 Å². The molecule has 2 aliphatic heterocycles. The summed E-state index contributed by atoms with van der Waals surface area (Å²) in [4.78, 5) is 13.2. The van der Waals surface area contributed by atoms with E-state index in [1.165, 1.54) is 38.5 Å². The van der Waals surface area contributed by atoms with Gasteiger partial charge in [-0.2, -0.15) is 16.8 Å². The number of carbonyl (C=O) groups excluding carboxylic acids is 1. The minimum absolute atomic E-state index is 0.0666. The van der Waals surface area contributed by atoms with Crippen LogP contribution in [0.2, 0.25) is 0 Å². The van der Waals surface area contributed by atoms with Crippen molar-refractivity contribution in [2.24, 2.45) is 5.73 Å². The number of hydrogen-bond donors (Lipinski definition) is 3. The van der Waals surface area contributed by atoms with Crippen molar-refractivity contribution < 1.29 is 44.3 Å². The van der Waals surface area contributed by atoms with E-state index in [2.05, 4.69) is 0 Å². The van der Waals surface area contributed by atoms with Crippen LogP contribution in [0.3, 0.4) is 0 Å². The number of hydrogen-bond acceptors (Lipinski definition) is 10. The van der Waals surface area contributed by atoms with Gasteiger partial charge in [0.15, 0.2) is 0 Å². The third-order valence-electron chi connectivity index (χ3n) is 5.88. The minimum atomic E-state index is -4.02. The van der Waals surface area contributed by atoms with Gasteiger partial charge in [-0.25, -0.2) is 0 Å². The fraction of sp³-hybridized carbons (Fsp3) is 0.435. The molecule has 12 nitrogen and oxygen atoms in total. The molecule has 2 saturated heterocycles. The summed E-state index contributed by atoms with van der Waals surface area (Å²) in [5.41, 5.74) is 7.65. The molecule has 0 aliphatic carbocycles. The Kier molecular flexibility index (Phi) is 10.6. The Morgan fingerprint density at radius 2 is 1.23 bits per heavy atom. The van der Waals surface area contributed by atoms with Crippen LogP contribution in [0, 0.1) is 13.8 Å². The standard InChI is InChI=1S/C9H17N2O4PS.2C7H8O3S/c1-9(2)8(16(13,14-3)15-4)11-6(12)5(10)7(11)17-9;2*1-6-2-4-7(5-3-6)11(8,9)10/h5,7-8H,10H2,1-4H3;2*2-5H,1H3,(H,8,9,10)/t5?,7-,8?;;/m0../s1. The molecule has 0 radical (unpaired) electrons. The second kappa shape index (κ2) is 12.4. The molecule has 2 unspecified atom stereocenters. The second-order valence-corrected chi connectivity index (χ2v) is 16.2. The van der Waals surface area contributed by atoms with E-state index in [9.17, 15) is 26.2 Å². The number of nitrogens with zero attached hydrogens (tertiary/aromatic N) is 1. The first-order valence-electron chi connectivity index (χ1n) is 11.3. The molecule has 0 spiro atoms. The summed E-state index contributed by atoms with van der Waals surface area (Å²) in [6.45, 7) is 7.53. The molecule has 4 N–H and O–H groups in total. The van der Waals surface area contributed by atoms with Gasteiger partial charge in [-0.1, -0.05) is 35.4 Å². The van der Waals surface area contributed by atoms with Crippen LogP contribution in [-0.2, 0) is 38.6 Å². The molecular formula is C23H33N2O10PS3. The van der Waals surface area contributed by atoms with E-state index in [4.69, 9.17) is 23.9 Å². The summed E-state index contributed by atoms with van der Waals surface area (Å²) in [5.74, 6) is -0.764. The lowest BCUT2D eigenvalue weighted by atomic mass is 10.1. The fourth-order valence-electron chi connectivity index (χ4n) is 3.84. The van der Waals surface area contributed by atoms with Gasteiger partial charge in [0.05, 0.1) is 9.79 Å². The lowest BCUT2D eigenvalue weighted by molar-refractivity contribution is -0.145. The zero-order valence-electron chi connectivity index (χ0n) is 22.2.